The third-order valence-corrected chi connectivity index (χ3v) is 4.94. The summed E-state index contributed by atoms with van der Waals surface area (Å²) < 4.78 is 45.4. The summed E-state index contributed by atoms with van der Waals surface area (Å²) in [6, 6.07) is 11.6. The molecule has 0 spiro atoms. The fraction of sp³-hybridized carbons (Fsp3) is 0.280. The number of carbonyl (C=O) groups is 2. The van der Waals surface area contributed by atoms with E-state index in [0.717, 1.165) is 12.1 Å². The van der Waals surface area contributed by atoms with E-state index in [1.807, 2.05) is 13.8 Å². The molecule has 1 aromatic heterocycles. The number of benzene rings is 2. The first-order valence-corrected chi connectivity index (χ1v) is 10.8. The van der Waals surface area contributed by atoms with Crippen molar-refractivity contribution < 1.29 is 27.2 Å². The van der Waals surface area contributed by atoms with E-state index >= 15 is 0 Å². The third-order valence-electron chi connectivity index (χ3n) is 4.94. The van der Waals surface area contributed by atoms with E-state index in [-0.39, 0.29) is 49.5 Å². The molecule has 3 amide bonds. The lowest BCUT2D eigenvalue weighted by molar-refractivity contribution is -0.133. The maximum Gasteiger partial charge on any atom is 0.322 e. The van der Waals surface area contributed by atoms with Crippen LogP contribution in [-0.4, -0.2) is 34.8 Å². The average molecular weight is 473 g/mol. The van der Waals surface area contributed by atoms with Crippen molar-refractivity contribution in [1.82, 2.24) is 9.80 Å². The van der Waals surface area contributed by atoms with Crippen LogP contribution in [0.3, 0.4) is 0 Å². The van der Waals surface area contributed by atoms with Crippen LogP contribution in [-0.2, 0) is 17.9 Å². The SMILES string of the molecule is CC(C)CN(CC(=O)N(Cc1ccc(F)cc1)Cc1ccco1)C(=O)Nc1ccc(F)c(F)c1. The Bertz CT molecular complexity index is 1100. The molecular weight excluding hydrogens is 447 g/mol. The lowest BCUT2D eigenvalue weighted by Crippen LogP contribution is -2.45. The van der Waals surface area contributed by atoms with Gasteiger partial charge < -0.3 is 19.5 Å². The van der Waals surface area contributed by atoms with E-state index in [4.69, 9.17) is 4.42 Å². The molecule has 3 rings (SSSR count). The van der Waals surface area contributed by atoms with Crippen molar-refractivity contribution >= 4 is 17.6 Å². The van der Waals surface area contributed by atoms with E-state index < -0.39 is 17.7 Å². The van der Waals surface area contributed by atoms with Gasteiger partial charge in [0.25, 0.3) is 0 Å². The quantitative estimate of drug-likeness (QED) is 0.452. The number of hydrogen-bond acceptors (Lipinski definition) is 3. The maximum absolute atomic E-state index is 13.5. The van der Waals surface area contributed by atoms with Crippen molar-refractivity contribution in [3.8, 4) is 0 Å². The van der Waals surface area contributed by atoms with E-state index in [9.17, 15) is 22.8 Å². The summed E-state index contributed by atoms with van der Waals surface area (Å²) in [5, 5.41) is 2.51. The number of amides is 3. The van der Waals surface area contributed by atoms with Gasteiger partial charge in [0.1, 0.15) is 18.1 Å². The Morgan fingerprint density at radius 3 is 2.29 bits per heavy atom. The van der Waals surface area contributed by atoms with Crippen LogP contribution in [0.2, 0.25) is 0 Å². The number of furan rings is 1. The van der Waals surface area contributed by atoms with E-state index in [0.29, 0.717) is 11.3 Å². The molecule has 0 radical (unpaired) electrons. The zero-order valence-electron chi connectivity index (χ0n) is 18.9. The maximum atomic E-state index is 13.5. The molecule has 0 saturated heterocycles. The first-order chi connectivity index (χ1) is 16.2. The number of halogens is 3. The highest BCUT2D eigenvalue weighted by Crippen LogP contribution is 2.16. The van der Waals surface area contributed by atoms with Crippen LogP contribution in [0.15, 0.2) is 65.3 Å². The lowest BCUT2D eigenvalue weighted by Gasteiger charge is -2.28. The lowest BCUT2D eigenvalue weighted by atomic mass is 10.2. The van der Waals surface area contributed by atoms with Gasteiger partial charge in [0.15, 0.2) is 11.6 Å². The smallest absolute Gasteiger partial charge is 0.322 e. The van der Waals surface area contributed by atoms with Gasteiger partial charge in [-0.05, 0) is 47.9 Å². The second kappa shape index (κ2) is 11.4. The van der Waals surface area contributed by atoms with Crippen LogP contribution in [0, 0.1) is 23.4 Å². The van der Waals surface area contributed by atoms with Gasteiger partial charge in [-0.25, -0.2) is 18.0 Å². The molecule has 0 fully saturated rings. The van der Waals surface area contributed by atoms with Crippen LogP contribution < -0.4 is 5.32 Å². The highest BCUT2D eigenvalue weighted by atomic mass is 19.2. The molecule has 1 N–H and O–H groups in total. The Kier molecular flexibility index (Phi) is 8.34. The normalized spacial score (nSPS) is 10.9. The van der Waals surface area contributed by atoms with Gasteiger partial charge in [0, 0.05) is 24.8 Å². The molecule has 2 aromatic carbocycles. The van der Waals surface area contributed by atoms with Gasteiger partial charge >= 0.3 is 6.03 Å². The molecule has 0 aliphatic rings. The monoisotopic (exact) mass is 473 g/mol. The first kappa shape index (κ1) is 24.9. The molecule has 0 aliphatic carbocycles. The first-order valence-electron chi connectivity index (χ1n) is 10.8. The number of nitrogens with one attached hydrogen (secondary N) is 1. The zero-order valence-corrected chi connectivity index (χ0v) is 18.9. The number of nitrogens with zero attached hydrogens (tertiary/aromatic N) is 2. The fourth-order valence-corrected chi connectivity index (χ4v) is 3.33. The third kappa shape index (κ3) is 7.13. The summed E-state index contributed by atoms with van der Waals surface area (Å²) in [7, 11) is 0. The number of hydrogen-bond donors (Lipinski definition) is 1. The van der Waals surface area contributed by atoms with E-state index in [1.54, 1.807) is 24.3 Å². The molecule has 6 nitrogen and oxygen atoms in total. The van der Waals surface area contributed by atoms with Crippen LogP contribution in [0.5, 0.6) is 0 Å². The van der Waals surface area contributed by atoms with E-state index in [1.165, 1.54) is 34.3 Å². The van der Waals surface area contributed by atoms with Crippen LogP contribution in [0.4, 0.5) is 23.7 Å². The number of rotatable bonds is 9. The summed E-state index contributed by atoms with van der Waals surface area (Å²) >= 11 is 0. The Hall–Kier alpha value is -3.75. The van der Waals surface area contributed by atoms with Gasteiger partial charge in [-0.3, -0.25) is 4.79 Å². The Morgan fingerprint density at radius 1 is 0.941 bits per heavy atom. The summed E-state index contributed by atoms with van der Waals surface area (Å²) in [6.45, 7) is 4.12. The van der Waals surface area contributed by atoms with Crippen molar-refractivity contribution in [2.45, 2.75) is 26.9 Å². The fourth-order valence-electron chi connectivity index (χ4n) is 3.33. The molecule has 0 unspecified atom stereocenters. The van der Waals surface area contributed by atoms with Gasteiger partial charge in [-0.1, -0.05) is 26.0 Å². The summed E-state index contributed by atoms with van der Waals surface area (Å²) in [6.07, 6.45) is 1.50. The summed E-state index contributed by atoms with van der Waals surface area (Å²) in [5.74, 6) is -2.27. The van der Waals surface area contributed by atoms with Gasteiger partial charge in [-0.2, -0.15) is 0 Å². The van der Waals surface area contributed by atoms with Crippen molar-refractivity contribution in [2.24, 2.45) is 5.92 Å². The Morgan fingerprint density at radius 2 is 1.68 bits per heavy atom. The van der Waals surface area contributed by atoms with Crippen molar-refractivity contribution in [3.63, 3.8) is 0 Å². The highest BCUT2D eigenvalue weighted by Gasteiger charge is 2.23. The average Bonchev–Trinajstić information content (AvgIpc) is 3.29. The van der Waals surface area contributed by atoms with Gasteiger partial charge in [-0.15, -0.1) is 0 Å². The number of urea groups is 1. The molecule has 0 atom stereocenters. The second-order valence-electron chi connectivity index (χ2n) is 8.29. The van der Waals surface area contributed by atoms with Crippen LogP contribution in [0.1, 0.15) is 25.2 Å². The molecule has 9 heteroatoms. The molecule has 0 saturated carbocycles. The zero-order chi connectivity index (χ0) is 24.7. The molecule has 0 aliphatic heterocycles. The summed E-state index contributed by atoms with van der Waals surface area (Å²) in [4.78, 5) is 29.0. The minimum Gasteiger partial charge on any atom is -0.467 e. The highest BCUT2D eigenvalue weighted by molar-refractivity contribution is 5.92. The Labute approximate surface area is 196 Å². The minimum atomic E-state index is -1.09. The molecular formula is C25H26F3N3O3. The predicted molar refractivity (Wildman–Crippen MR) is 121 cm³/mol. The molecule has 1 heterocycles. The summed E-state index contributed by atoms with van der Waals surface area (Å²) in [5.41, 5.74) is 0.784. The standard InChI is InChI=1S/C25H26F3N3O3/c1-17(2)13-31(25(33)29-20-9-10-22(27)23(28)12-20)16-24(32)30(15-21-4-3-11-34-21)14-18-5-7-19(26)8-6-18/h3-12,17H,13-16H2,1-2H3,(H,29,33). The van der Waals surface area contributed by atoms with Crippen LogP contribution >= 0.6 is 0 Å². The topological polar surface area (TPSA) is 65.8 Å². The van der Waals surface area contributed by atoms with Crippen LogP contribution in [0.25, 0.3) is 0 Å². The number of anilines is 1. The van der Waals surface area contributed by atoms with Crippen molar-refractivity contribution in [1.29, 1.82) is 0 Å². The number of carbonyl (C=O) groups excluding carboxylic acids is 2. The van der Waals surface area contributed by atoms with Crippen molar-refractivity contribution in [2.75, 3.05) is 18.4 Å². The van der Waals surface area contributed by atoms with E-state index in [2.05, 4.69) is 5.32 Å². The molecule has 34 heavy (non-hydrogen) atoms. The van der Waals surface area contributed by atoms with Crippen molar-refractivity contribution in [3.05, 3.63) is 89.6 Å². The Balaban J connectivity index is 1.76. The largest absolute Gasteiger partial charge is 0.467 e. The second-order valence-corrected chi connectivity index (χ2v) is 8.29. The molecule has 3 aromatic rings. The van der Waals surface area contributed by atoms with Gasteiger partial charge in [0.2, 0.25) is 5.91 Å². The molecule has 180 valence electrons. The minimum absolute atomic E-state index is 0.0409. The van der Waals surface area contributed by atoms with Gasteiger partial charge in [0.05, 0.1) is 12.8 Å². The molecule has 0 bridgehead atoms. The predicted octanol–water partition coefficient (Wildman–Crippen LogP) is 5.42.